The fraction of sp³-hybridized carbons (Fsp3) is 0.500. The molecule has 1 rings (SSSR count). The number of ether oxygens (including phenoxy) is 2. The van der Waals surface area contributed by atoms with Crippen LogP contribution in [0.1, 0.15) is 46.8 Å². The van der Waals surface area contributed by atoms with Crippen molar-refractivity contribution < 1.29 is 24.2 Å². The third kappa shape index (κ3) is 7.10. The molecule has 5 nitrogen and oxygen atoms in total. The molecule has 138 valence electrons. The number of esters is 2. The van der Waals surface area contributed by atoms with E-state index in [0.29, 0.717) is 25.0 Å². The van der Waals surface area contributed by atoms with E-state index >= 15 is 0 Å². The number of aryl methyl sites for hydroxylation is 3. The Kier molecular flexibility index (Phi) is 8.35. The molecule has 1 N–H and O–H groups in total. The van der Waals surface area contributed by atoms with Gasteiger partial charge in [-0.3, -0.25) is 0 Å². The van der Waals surface area contributed by atoms with E-state index in [-0.39, 0.29) is 11.9 Å². The molecule has 0 aliphatic rings. The topological polar surface area (TPSA) is 72.8 Å². The molecule has 0 aromatic heterocycles. The first-order chi connectivity index (χ1) is 11.7. The summed E-state index contributed by atoms with van der Waals surface area (Å²) in [5.41, 5.74) is 3.58. The normalized spacial score (nSPS) is 13.5. The molecule has 0 bridgehead atoms. The van der Waals surface area contributed by atoms with Crippen molar-refractivity contribution >= 4 is 11.9 Å². The molecule has 1 aromatic rings. The van der Waals surface area contributed by atoms with Crippen LogP contribution in [0.25, 0.3) is 0 Å². The minimum absolute atomic E-state index is 0.144. The molecular formula is C20H28O5. The minimum atomic E-state index is -0.730. The number of methoxy groups -OCH3 is 1. The first kappa shape index (κ1) is 20.9. The molecule has 1 aromatic carbocycles. The molecule has 0 saturated carbocycles. The van der Waals surface area contributed by atoms with E-state index in [1.54, 1.807) is 0 Å². The maximum Gasteiger partial charge on any atom is 0.338 e. The van der Waals surface area contributed by atoms with Gasteiger partial charge in [-0.15, -0.1) is 0 Å². The van der Waals surface area contributed by atoms with Gasteiger partial charge in [0.1, 0.15) is 0 Å². The van der Waals surface area contributed by atoms with E-state index in [4.69, 9.17) is 4.74 Å². The second-order valence-corrected chi connectivity index (χ2v) is 6.49. The SMILES string of the molecule is COC(=O)/C=C/[C@@H](O)C[C@H](C)CCOC(=O)c1c(C)cc(C)cc1C. The van der Waals surface area contributed by atoms with Gasteiger partial charge in [0, 0.05) is 6.08 Å². The first-order valence-electron chi connectivity index (χ1n) is 8.43. The molecule has 0 unspecified atom stereocenters. The molecule has 0 radical (unpaired) electrons. The van der Waals surface area contributed by atoms with Gasteiger partial charge in [-0.05, 0) is 56.7 Å². The number of carbonyl (C=O) groups is 2. The van der Waals surface area contributed by atoms with Crippen LogP contribution in [0.15, 0.2) is 24.3 Å². The van der Waals surface area contributed by atoms with Crippen LogP contribution in [0.5, 0.6) is 0 Å². The van der Waals surface area contributed by atoms with Gasteiger partial charge in [0.2, 0.25) is 0 Å². The summed E-state index contributed by atoms with van der Waals surface area (Å²) in [6, 6.07) is 3.94. The Balaban J connectivity index is 2.45. The second-order valence-electron chi connectivity index (χ2n) is 6.49. The number of hydrogen-bond donors (Lipinski definition) is 1. The van der Waals surface area contributed by atoms with Crippen molar-refractivity contribution in [2.45, 2.75) is 46.6 Å². The predicted octanol–water partition coefficient (Wildman–Crippen LogP) is 3.28. The Hall–Kier alpha value is -2.14. The molecule has 5 heteroatoms. The molecule has 0 aliphatic heterocycles. The van der Waals surface area contributed by atoms with Crippen LogP contribution in [0.2, 0.25) is 0 Å². The molecule has 25 heavy (non-hydrogen) atoms. The van der Waals surface area contributed by atoms with Crippen LogP contribution in [-0.2, 0) is 14.3 Å². The van der Waals surface area contributed by atoms with E-state index in [9.17, 15) is 14.7 Å². The third-order valence-electron chi connectivity index (χ3n) is 4.02. The average Bonchev–Trinajstić information content (AvgIpc) is 2.51. The van der Waals surface area contributed by atoms with Crippen molar-refractivity contribution in [3.05, 3.63) is 46.5 Å². The number of aliphatic hydroxyl groups is 1. The number of hydrogen-bond acceptors (Lipinski definition) is 5. The zero-order valence-corrected chi connectivity index (χ0v) is 15.7. The summed E-state index contributed by atoms with van der Waals surface area (Å²) in [4.78, 5) is 23.3. The maximum atomic E-state index is 12.3. The zero-order valence-electron chi connectivity index (χ0n) is 15.7. The lowest BCUT2D eigenvalue weighted by Crippen LogP contribution is -2.14. The average molecular weight is 348 g/mol. The first-order valence-corrected chi connectivity index (χ1v) is 8.43. The van der Waals surface area contributed by atoms with Crippen LogP contribution in [-0.4, -0.2) is 36.9 Å². The van der Waals surface area contributed by atoms with Gasteiger partial charge in [0.25, 0.3) is 0 Å². The van der Waals surface area contributed by atoms with Crippen LogP contribution in [0, 0.1) is 26.7 Å². The summed E-state index contributed by atoms with van der Waals surface area (Å²) >= 11 is 0. The van der Waals surface area contributed by atoms with Gasteiger partial charge in [-0.25, -0.2) is 9.59 Å². The maximum absolute atomic E-state index is 12.3. The number of benzene rings is 1. The van der Waals surface area contributed by atoms with Crippen LogP contribution >= 0.6 is 0 Å². The fourth-order valence-electron chi connectivity index (χ4n) is 2.79. The molecule has 0 spiro atoms. The summed E-state index contributed by atoms with van der Waals surface area (Å²) < 4.78 is 9.86. The lowest BCUT2D eigenvalue weighted by atomic mass is 9.99. The van der Waals surface area contributed by atoms with E-state index in [1.165, 1.54) is 19.3 Å². The summed E-state index contributed by atoms with van der Waals surface area (Å²) in [6.07, 6.45) is 3.01. The van der Waals surface area contributed by atoms with Crippen LogP contribution in [0.4, 0.5) is 0 Å². The zero-order chi connectivity index (χ0) is 19.0. The lowest BCUT2D eigenvalue weighted by molar-refractivity contribution is -0.134. The van der Waals surface area contributed by atoms with Crippen molar-refractivity contribution in [3.8, 4) is 0 Å². The molecule has 0 fully saturated rings. The van der Waals surface area contributed by atoms with E-state index < -0.39 is 12.1 Å². The second kappa shape index (κ2) is 9.99. The summed E-state index contributed by atoms with van der Waals surface area (Å²) in [5, 5.41) is 9.85. The van der Waals surface area contributed by atoms with Gasteiger partial charge in [0.15, 0.2) is 0 Å². The van der Waals surface area contributed by atoms with E-state index in [0.717, 1.165) is 16.7 Å². The predicted molar refractivity (Wildman–Crippen MR) is 96.5 cm³/mol. The Morgan fingerprint density at radius 2 is 1.80 bits per heavy atom. The molecular weight excluding hydrogens is 320 g/mol. The van der Waals surface area contributed by atoms with Crippen molar-refractivity contribution in [2.24, 2.45) is 5.92 Å². The quantitative estimate of drug-likeness (QED) is 0.576. The van der Waals surface area contributed by atoms with Crippen LogP contribution < -0.4 is 0 Å². The highest BCUT2D eigenvalue weighted by molar-refractivity contribution is 5.92. The van der Waals surface area contributed by atoms with Gasteiger partial charge in [-0.1, -0.05) is 24.6 Å². The number of aliphatic hydroxyl groups excluding tert-OH is 1. The summed E-state index contributed by atoms with van der Waals surface area (Å²) in [5.74, 6) is -0.664. The number of carbonyl (C=O) groups excluding carboxylic acids is 2. The monoisotopic (exact) mass is 348 g/mol. The minimum Gasteiger partial charge on any atom is -0.466 e. The van der Waals surface area contributed by atoms with Gasteiger partial charge >= 0.3 is 11.9 Å². The highest BCUT2D eigenvalue weighted by Gasteiger charge is 2.15. The Morgan fingerprint density at radius 1 is 1.20 bits per heavy atom. The van der Waals surface area contributed by atoms with Crippen molar-refractivity contribution in [3.63, 3.8) is 0 Å². The largest absolute Gasteiger partial charge is 0.466 e. The highest BCUT2D eigenvalue weighted by atomic mass is 16.5. The van der Waals surface area contributed by atoms with Crippen LogP contribution in [0.3, 0.4) is 0 Å². The molecule has 0 amide bonds. The molecule has 2 atom stereocenters. The third-order valence-corrected chi connectivity index (χ3v) is 4.02. The van der Waals surface area contributed by atoms with Gasteiger partial charge in [0.05, 0.1) is 25.4 Å². The standard InChI is InChI=1S/C20H28O5/c1-13(12-17(21)6-7-18(22)24-5)8-9-25-20(23)19-15(3)10-14(2)11-16(19)4/h6-7,10-11,13,17,21H,8-9,12H2,1-5H3/b7-6+/t13-,17-/m1/s1. The van der Waals surface area contributed by atoms with Crippen molar-refractivity contribution in [2.75, 3.05) is 13.7 Å². The Morgan fingerprint density at radius 3 is 2.36 bits per heavy atom. The molecule has 0 heterocycles. The van der Waals surface area contributed by atoms with Gasteiger partial charge < -0.3 is 14.6 Å². The summed E-state index contributed by atoms with van der Waals surface area (Å²) in [7, 11) is 1.29. The van der Waals surface area contributed by atoms with Gasteiger partial charge in [-0.2, -0.15) is 0 Å². The van der Waals surface area contributed by atoms with Crippen molar-refractivity contribution in [1.29, 1.82) is 0 Å². The lowest BCUT2D eigenvalue weighted by Gasteiger charge is -2.15. The smallest absolute Gasteiger partial charge is 0.338 e. The fourth-order valence-corrected chi connectivity index (χ4v) is 2.79. The molecule has 0 aliphatic carbocycles. The Labute approximate surface area is 149 Å². The van der Waals surface area contributed by atoms with Crippen molar-refractivity contribution in [1.82, 2.24) is 0 Å². The Bertz CT molecular complexity index is 610. The highest BCUT2D eigenvalue weighted by Crippen LogP contribution is 2.18. The molecule has 0 saturated heterocycles. The number of rotatable bonds is 8. The van der Waals surface area contributed by atoms with E-state index in [1.807, 2.05) is 39.8 Å². The summed E-state index contributed by atoms with van der Waals surface area (Å²) in [6.45, 7) is 8.06. The van der Waals surface area contributed by atoms with E-state index in [2.05, 4.69) is 4.74 Å².